The Hall–Kier alpha value is -2.65. The van der Waals surface area contributed by atoms with Crippen LogP contribution in [0.15, 0.2) is 47.3 Å². The summed E-state index contributed by atoms with van der Waals surface area (Å²) in [4.78, 5) is 23.5. The Kier molecular flexibility index (Phi) is 6.19. The molecule has 1 saturated heterocycles. The Balaban J connectivity index is 1.55. The maximum Gasteiger partial charge on any atom is 0.410 e. The van der Waals surface area contributed by atoms with Crippen LogP contribution in [0.3, 0.4) is 0 Å². The summed E-state index contributed by atoms with van der Waals surface area (Å²) in [6.45, 7) is 1.20. The molecule has 2 atom stereocenters. The van der Waals surface area contributed by atoms with Gasteiger partial charge in [0.2, 0.25) is 0 Å². The monoisotopic (exact) mass is 473 g/mol. The molecule has 0 spiro atoms. The molecule has 0 aliphatic carbocycles. The summed E-state index contributed by atoms with van der Waals surface area (Å²) in [7, 11) is 1.65. The second kappa shape index (κ2) is 9.01. The highest BCUT2D eigenvalue weighted by molar-refractivity contribution is 9.10. The smallest absolute Gasteiger partial charge is 0.410 e. The summed E-state index contributed by atoms with van der Waals surface area (Å²) in [5.41, 5.74) is 7.72. The molecule has 8 nitrogen and oxygen atoms in total. The minimum atomic E-state index is -0.341. The topological polar surface area (TPSA) is 95.0 Å². The first-order chi connectivity index (χ1) is 14.6. The predicted molar refractivity (Wildman–Crippen MR) is 116 cm³/mol. The average molecular weight is 474 g/mol. The van der Waals surface area contributed by atoms with Crippen LogP contribution < -0.4 is 5.73 Å². The van der Waals surface area contributed by atoms with E-state index in [1.54, 1.807) is 18.2 Å². The predicted octanol–water partition coefficient (Wildman–Crippen LogP) is 3.61. The summed E-state index contributed by atoms with van der Waals surface area (Å²) in [5.74, 6) is 1.31. The number of hydrogen-bond donors (Lipinski definition) is 1. The van der Waals surface area contributed by atoms with E-state index in [4.69, 9.17) is 15.2 Å². The third-order valence-electron chi connectivity index (χ3n) is 5.44. The molecule has 2 aromatic heterocycles. The molecule has 0 unspecified atom stereocenters. The van der Waals surface area contributed by atoms with Gasteiger partial charge in [0, 0.05) is 32.0 Å². The van der Waals surface area contributed by atoms with E-state index in [0.717, 1.165) is 29.7 Å². The van der Waals surface area contributed by atoms with Crippen LogP contribution in [0, 0.1) is 0 Å². The van der Waals surface area contributed by atoms with Crippen LogP contribution in [0.5, 0.6) is 0 Å². The van der Waals surface area contributed by atoms with Crippen molar-refractivity contribution in [2.75, 3.05) is 26.0 Å². The third-order valence-corrected chi connectivity index (χ3v) is 5.99. The van der Waals surface area contributed by atoms with Crippen LogP contribution in [0.4, 0.5) is 10.6 Å². The van der Waals surface area contributed by atoms with Gasteiger partial charge in [-0.2, -0.15) is 0 Å². The number of ether oxygens (including phenoxy) is 2. The number of carbonyl (C=O) groups is 1. The molecular formula is C21H24BrN5O3. The summed E-state index contributed by atoms with van der Waals surface area (Å²) in [5, 5.41) is 0. The van der Waals surface area contributed by atoms with Gasteiger partial charge < -0.3 is 20.1 Å². The zero-order valence-corrected chi connectivity index (χ0v) is 18.3. The Morgan fingerprint density at radius 2 is 2.10 bits per heavy atom. The molecule has 0 bridgehead atoms. The number of aromatic nitrogens is 3. The van der Waals surface area contributed by atoms with Crippen molar-refractivity contribution in [2.45, 2.75) is 31.4 Å². The fraction of sp³-hybridized carbons (Fsp3) is 0.381. The number of amides is 1. The van der Waals surface area contributed by atoms with Crippen molar-refractivity contribution in [2.24, 2.45) is 0 Å². The zero-order chi connectivity index (χ0) is 21.1. The van der Waals surface area contributed by atoms with Gasteiger partial charge in [0.1, 0.15) is 22.6 Å². The second-order valence-electron chi connectivity index (χ2n) is 7.37. The first-order valence-electron chi connectivity index (χ1n) is 9.82. The number of nitrogens with zero attached hydrogens (tertiary/aromatic N) is 4. The molecular weight excluding hydrogens is 450 g/mol. The van der Waals surface area contributed by atoms with Gasteiger partial charge in [0.05, 0.1) is 12.6 Å². The van der Waals surface area contributed by atoms with Gasteiger partial charge >= 0.3 is 6.09 Å². The second-order valence-corrected chi connectivity index (χ2v) is 8.12. The van der Waals surface area contributed by atoms with Crippen LogP contribution in [0.25, 0.3) is 5.52 Å². The van der Waals surface area contributed by atoms with Crippen LogP contribution in [-0.2, 0) is 16.1 Å². The number of anilines is 1. The van der Waals surface area contributed by atoms with E-state index in [2.05, 4.69) is 25.9 Å². The molecule has 2 N–H and O–H groups in total. The molecule has 4 rings (SSSR count). The highest BCUT2D eigenvalue weighted by Crippen LogP contribution is 2.33. The van der Waals surface area contributed by atoms with E-state index in [9.17, 15) is 4.79 Å². The third kappa shape index (κ3) is 4.13. The van der Waals surface area contributed by atoms with Gasteiger partial charge in [0.15, 0.2) is 5.82 Å². The molecule has 3 aromatic rings. The van der Waals surface area contributed by atoms with Crippen LogP contribution >= 0.6 is 15.9 Å². The number of carbonyl (C=O) groups excluding carboxylic acids is 1. The highest BCUT2D eigenvalue weighted by Gasteiger charge is 2.35. The van der Waals surface area contributed by atoms with Gasteiger partial charge in [-0.25, -0.2) is 14.8 Å². The number of nitrogens with two attached hydrogens (primary N) is 1. The maximum atomic E-state index is 12.9. The molecule has 1 aliphatic heterocycles. The van der Waals surface area contributed by atoms with E-state index in [1.165, 1.54) is 0 Å². The van der Waals surface area contributed by atoms with Crippen molar-refractivity contribution in [1.82, 2.24) is 19.3 Å². The molecule has 3 heterocycles. The Bertz CT molecular complexity index is 1030. The largest absolute Gasteiger partial charge is 0.445 e. The van der Waals surface area contributed by atoms with E-state index in [1.807, 2.05) is 40.9 Å². The fourth-order valence-electron chi connectivity index (χ4n) is 3.96. The number of hydrogen-bond acceptors (Lipinski definition) is 6. The fourth-order valence-corrected chi connectivity index (χ4v) is 4.54. The summed E-state index contributed by atoms with van der Waals surface area (Å²) in [6, 6.07) is 9.63. The molecule has 1 amide bonds. The Morgan fingerprint density at radius 3 is 2.87 bits per heavy atom. The molecule has 0 radical (unpaired) electrons. The number of methoxy groups -OCH3 is 1. The molecule has 9 heteroatoms. The van der Waals surface area contributed by atoms with Gasteiger partial charge in [0.25, 0.3) is 0 Å². The average Bonchev–Trinajstić information content (AvgIpc) is 3.11. The minimum Gasteiger partial charge on any atom is -0.445 e. The number of likely N-dealkylation sites (tertiary alicyclic amines) is 1. The molecule has 158 valence electrons. The van der Waals surface area contributed by atoms with Crippen LogP contribution in [0.2, 0.25) is 0 Å². The molecule has 1 aromatic carbocycles. The number of imidazole rings is 1. The zero-order valence-electron chi connectivity index (χ0n) is 16.7. The lowest BCUT2D eigenvalue weighted by Gasteiger charge is -2.38. The van der Waals surface area contributed by atoms with Gasteiger partial charge in [-0.1, -0.05) is 30.3 Å². The number of nitrogen functional groups attached to an aromatic ring is 1. The SMILES string of the molecule is COC[C@@H]1CC[C@@H](c2nc(Br)c3c(N)nccn23)CN1C(=O)OCc1ccccc1. The van der Waals surface area contributed by atoms with E-state index in [0.29, 0.717) is 23.6 Å². The lowest BCUT2D eigenvalue weighted by Crippen LogP contribution is -2.48. The first-order valence-corrected chi connectivity index (χ1v) is 10.6. The van der Waals surface area contributed by atoms with Gasteiger partial charge in [-0.05, 0) is 34.3 Å². The molecule has 0 saturated carbocycles. The molecule has 30 heavy (non-hydrogen) atoms. The van der Waals surface area contributed by atoms with Crippen molar-refractivity contribution in [1.29, 1.82) is 0 Å². The lowest BCUT2D eigenvalue weighted by molar-refractivity contribution is 0.0338. The maximum absolute atomic E-state index is 12.9. The summed E-state index contributed by atoms with van der Waals surface area (Å²) in [6.07, 6.45) is 4.84. The minimum absolute atomic E-state index is 0.0315. The van der Waals surface area contributed by atoms with Gasteiger partial charge in [-0.3, -0.25) is 4.40 Å². The first kappa shape index (κ1) is 20.6. The van der Waals surface area contributed by atoms with E-state index >= 15 is 0 Å². The molecule has 1 fully saturated rings. The van der Waals surface area contributed by atoms with E-state index < -0.39 is 0 Å². The highest BCUT2D eigenvalue weighted by atomic mass is 79.9. The standard InChI is InChI=1S/C21H24BrN5O3/c1-29-13-16-8-7-15(20-25-18(22)17-19(23)24-9-10-26(17)20)11-27(16)21(28)30-12-14-5-3-2-4-6-14/h2-6,9-10,15-16H,7-8,11-13H2,1H3,(H2,23,24)/t15-,16+/m1/s1. The van der Waals surface area contributed by atoms with E-state index in [-0.39, 0.29) is 24.7 Å². The summed E-state index contributed by atoms with van der Waals surface area (Å²) >= 11 is 3.49. The number of benzene rings is 1. The van der Waals surface area contributed by atoms with Crippen LogP contribution in [-0.4, -0.2) is 51.7 Å². The van der Waals surface area contributed by atoms with Gasteiger partial charge in [-0.15, -0.1) is 0 Å². The number of piperidine rings is 1. The Labute approximate surface area is 183 Å². The van der Waals surface area contributed by atoms with Crippen molar-refractivity contribution < 1.29 is 14.3 Å². The quantitative estimate of drug-likeness (QED) is 0.607. The Morgan fingerprint density at radius 1 is 1.30 bits per heavy atom. The van der Waals surface area contributed by atoms with Crippen LogP contribution in [0.1, 0.15) is 30.1 Å². The normalized spacial score (nSPS) is 19.2. The van der Waals surface area contributed by atoms with Crippen molar-refractivity contribution >= 4 is 33.4 Å². The lowest BCUT2D eigenvalue weighted by atomic mass is 9.92. The number of halogens is 1. The number of fused-ring (bicyclic) bond motifs is 1. The summed E-state index contributed by atoms with van der Waals surface area (Å²) < 4.78 is 13.6. The van der Waals surface area contributed by atoms with Crippen molar-refractivity contribution in [3.05, 3.63) is 58.7 Å². The van der Waals surface area contributed by atoms with Crippen molar-refractivity contribution in [3.8, 4) is 0 Å². The molecule has 1 aliphatic rings. The van der Waals surface area contributed by atoms with Crippen molar-refractivity contribution in [3.63, 3.8) is 0 Å². The number of rotatable bonds is 5.